The average Bonchev–Trinajstić information content (AvgIpc) is 2.90. The standard InChI is InChI=1S/C15H18FN3S/c1-2-8-17-11-4-3-5-13-14(11)19-15(20-13)12-7-6-10(16)9-18-12/h6-7,9,11,17H,2-5,8H2,1H3. The second kappa shape index (κ2) is 5.97. The van der Waals surface area contributed by atoms with Crippen LogP contribution in [0.4, 0.5) is 4.39 Å². The molecule has 2 aromatic rings. The molecule has 0 aliphatic heterocycles. The van der Waals surface area contributed by atoms with Gasteiger partial charge in [-0.15, -0.1) is 11.3 Å². The Morgan fingerprint density at radius 3 is 3.10 bits per heavy atom. The number of halogens is 1. The smallest absolute Gasteiger partial charge is 0.142 e. The van der Waals surface area contributed by atoms with E-state index in [4.69, 9.17) is 4.98 Å². The van der Waals surface area contributed by atoms with E-state index < -0.39 is 0 Å². The highest BCUT2D eigenvalue weighted by atomic mass is 32.1. The van der Waals surface area contributed by atoms with Crippen molar-refractivity contribution in [2.45, 2.75) is 38.6 Å². The summed E-state index contributed by atoms with van der Waals surface area (Å²) in [6, 6.07) is 3.51. The van der Waals surface area contributed by atoms with Crippen LogP contribution in [-0.4, -0.2) is 16.5 Å². The molecule has 1 unspecified atom stereocenters. The molecule has 2 aromatic heterocycles. The number of nitrogens with zero attached hydrogens (tertiary/aromatic N) is 2. The number of aromatic nitrogens is 2. The van der Waals surface area contributed by atoms with Crippen molar-refractivity contribution in [3.8, 4) is 10.7 Å². The molecular weight excluding hydrogens is 273 g/mol. The molecule has 0 spiro atoms. The molecular formula is C15H18FN3S. The predicted molar refractivity (Wildman–Crippen MR) is 79.3 cm³/mol. The van der Waals surface area contributed by atoms with Gasteiger partial charge in [0.2, 0.25) is 0 Å². The largest absolute Gasteiger partial charge is 0.309 e. The lowest BCUT2D eigenvalue weighted by Crippen LogP contribution is -2.25. The fraction of sp³-hybridized carbons (Fsp3) is 0.467. The maximum atomic E-state index is 12.9. The van der Waals surface area contributed by atoms with Crippen molar-refractivity contribution >= 4 is 11.3 Å². The van der Waals surface area contributed by atoms with Crippen LogP contribution in [-0.2, 0) is 6.42 Å². The molecule has 3 rings (SSSR count). The van der Waals surface area contributed by atoms with Crippen LogP contribution in [0.15, 0.2) is 18.3 Å². The van der Waals surface area contributed by atoms with Crippen LogP contribution in [0.1, 0.15) is 42.8 Å². The highest BCUT2D eigenvalue weighted by molar-refractivity contribution is 7.15. The zero-order valence-corrected chi connectivity index (χ0v) is 12.3. The number of thiazole rings is 1. The van der Waals surface area contributed by atoms with Crippen molar-refractivity contribution < 1.29 is 4.39 Å². The van der Waals surface area contributed by atoms with Gasteiger partial charge >= 0.3 is 0 Å². The Morgan fingerprint density at radius 1 is 1.45 bits per heavy atom. The summed E-state index contributed by atoms with van der Waals surface area (Å²) < 4.78 is 12.9. The van der Waals surface area contributed by atoms with E-state index in [-0.39, 0.29) is 5.82 Å². The van der Waals surface area contributed by atoms with E-state index in [1.807, 2.05) is 0 Å². The van der Waals surface area contributed by atoms with Crippen molar-refractivity contribution in [3.05, 3.63) is 34.7 Å². The van der Waals surface area contributed by atoms with Gasteiger partial charge in [0.05, 0.1) is 23.6 Å². The SMILES string of the molecule is CCCNC1CCCc2sc(-c3ccc(F)cn3)nc21. The molecule has 106 valence electrons. The molecule has 20 heavy (non-hydrogen) atoms. The Bertz CT molecular complexity index is 579. The number of pyridine rings is 1. The summed E-state index contributed by atoms with van der Waals surface area (Å²) >= 11 is 1.70. The Labute approximate surface area is 122 Å². The number of hydrogen-bond donors (Lipinski definition) is 1. The lowest BCUT2D eigenvalue weighted by atomic mass is 9.97. The van der Waals surface area contributed by atoms with Crippen LogP contribution in [0, 0.1) is 5.82 Å². The second-order valence-corrected chi connectivity index (χ2v) is 6.17. The molecule has 0 saturated heterocycles. The van der Waals surface area contributed by atoms with Crippen LogP contribution >= 0.6 is 11.3 Å². The van der Waals surface area contributed by atoms with Gasteiger partial charge in [0.15, 0.2) is 0 Å². The zero-order chi connectivity index (χ0) is 13.9. The Hall–Kier alpha value is -1.33. The summed E-state index contributed by atoms with van der Waals surface area (Å²) in [5, 5.41) is 4.47. The molecule has 0 aromatic carbocycles. The second-order valence-electron chi connectivity index (χ2n) is 5.09. The van der Waals surface area contributed by atoms with Gasteiger partial charge in [0.25, 0.3) is 0 Å². The normalized spacial score (nSPS) is 18.0. The van der Waals surface area contributed by atoms with Gasteiger partial charge in [0, 0.05) is 4.88 Å². The predicted octanol–water partition coefficient (Wildman–Crippen LogP) is 3.72. The molecule has 3 nitrogen and oxygen atoms in total. The molecule has 0 radical (unpaired) electrons. The molecule has 1 N–H and O–H groups in total. The Morgan fingerprint density at radius 2 is 2.35 bits per heavy atom. The van der Waals surface area contributed by atoms with Crippen LogP contribution in [0.2, 0.25) is 0 Å². The average molecular weight is 291 g/mol. The first-order chi connectivity index (χ1) is 9.78. The fourth-order valence-corrected chi connectivity index (χ4v) is 3.69. The lowest BCUT2D eigenvalue weighted by Gasteiger charge is -2.22. The fourth-order valence-electron chi connectivity index (χ4n) is 2.55. The van der Waals surface area contributed by atoms with E-state index in [1.54, 1.807) is 17.4 Å². The van der Waals surface area contributed by atoms with E-state index in [0.29, 0.717) is 6.04 Å². The van der Waals surface area contributed by atoms with Gasteiger partial charge in [-0.1, -0.05) is 6.92 Å². The number of aryl methyl sites for hydroxylation is 1. The van der Waals surface area contributed by atoms with E-state index in [2.05, 4.69) is 17.2 Å². The topological polar surface area (TPSA) is 37.8 Å². The zero-order valence-electron chi connectivity index (χ0n) is 11.5. The molecule has 1 aliphatic rings. The number of fused-ring (bicyclic) bond motifs is 1. The minimum atomic E-state index is -0.308. The third-order valence-electron chi connectivity index (χ3n) is 3.54. The molecule has 0 saturated carbocycles. The minimum absolute atomic E-state index is 0.308. The summed E-state index contributed by atoms with van der Waals surface area (Å²) in [6.45, 7) is 3.19. The summed E-state index contributed by atoms with van der Waals surface area (Å²) in [7, 11) is 0. The van der Waals surface area contributed by atoms with Gasteiger partial charge < -0.3 is 5.32 Å². The van der Waals surface area contributed by atoms with E-state index in [9.17, 15) is 4.39 Å². The molecule has 0 fully saturated rings. The molecule has 0 amide bonds. The molecule has 1 atom stereocenters. The number of nitrogens with one attached hydrogen (secondary N) is 1. The van der Waals surface area contributed by atoms with Crippen molar-refractivity contribution in [1.29, 1.82) is 0 Å². The Kier molecular flexibility index (Phi) is 4.08. The van der Waals surface area contributed by atoms with Crippen molar-refractivity contribution in [2.75, 3.05) is 6.54 Å². The third kappa shape index (κ3) is 2.74. The maximum absolute atomic E-state index is 12.9. The van der Waals surface area contributed by atoms with Crippen molar-refractivity contribution in [3.63, 3.8) is 0 Å². The molecule has 1 aliphatic carbocycles. The summed E-state index contributed by atoms with van der Waals surface area (Å²) in [5.74, 6) is -0.308. The Balaban J connectivity index is 1.88. The monoisotopic (exact) mass is 291 g/mol. The van der Waals surface area contributed by atoms with Gasteiger partial charge in [0.1, 0.15) is 10.8 Å². The first-order valence-electron chi connectivity index (χ1n) is 7.13. The minimum Gasteiger partial charge on any atom is -0.309 e. The van der Waals surface area contributed by atoms with Crippen LogP contribution in [0.25, 0.3) is 10.7 Å². The summed E-state index contributed by atoms with van der Waals surface area (Å²) in [6.07, 6.45) is 5.82. The van der Waals surface area contributed by atoms with Crippen LogP contribution in [0.3, 0.4) is 0 Å². The molecule has 2 heterocycles. The maximum Gasteiger partial charge on any atom is 0.142 e. The lowest BCUT2D eigenvalue weighted by molar-refractivity contribution is 0.454. The van der Waals surface area contributed by atoms with Gasteiger partial charge in [-0.25, -0.2) is 9.37 Å². The first kappa shape index (κ1) is 13.6. The molecule has 0 bridgehead atoms. The van der Waals surface area contributed by atoms with Gasteiger partial charge in [-0.3, -0.25) is 4.98 Å². The van der Waals surface area contributed by atoms with Gasteiger partial charge in [-0.2, -0.15) is 0 Å². The van der Waals surface area contributed by atoms with Gasteiger partial charge in [-0.05, 0) is 44.4 Å². The van der Waals surface area contributed by atoms with Crippen LogP contribution in [0.5, 0.6) is 0 Å². The quantitative estimate of drug-likeness (QED) is 0.933. The summed E-state index contributed by atoms with van der Waals surface area (Å²) in [5.41, 5.74) is 1.94. The van der Waals surface area contributed by atoms with E-state index in [1.165, 1.54) is 29.3 Å². The first-order valence-corrected chi connectivity index (χ1v) is 7.94. The van der Waals surface area contributed by atoms with Crippen molar-refractivity contribution in [2.24, 2.45) is 0 Å². The van der Waals surface area contributed by atoms with E-state index >= 15 is 0 Å². The highest BCUT2D eigenvalue weighted by Crippen LogP contribution is 2.36. The van der Waals surface area contributed by atoms with Crippen LogP contribution < -0.4 is 5.32 Å². The summed E-state index contributed by atoms with van der Waals surface area (Å²) in [4.78, 5) is 10.2. The number of hydrogen-bond acceptors (Lipinski definition) is 4. The highest BCUT2D eigenvalue weighted by Gasteiger charge is 2.24. The third-order valence-corrected chi connectivity index (χ3v) is 4.69. The van der Waals surface area contributed by atoms with E-state index in [0.717, 1.165) is 36.5 Å². The van der Waals surface area contributed by atoms with Crippen molar-refractivity contribution in [1.82, 2.24) is 15.3 Å². The number of rotatable bonds is 4. The molecule has 5 heteroatoms.